The Bertz CT molecular complexity index is 410. The molecule has 14 heavy (non-hydrogen) atoms. The van der Waals surface area contributed by atoms with Crippen LogP contribution < -0.4 is 0 Å². The van der Waals surface area contributed by atoms with Gasteiger partial charge in [0.25, 0.3) is 5.91 Å². The SMILES string of the molecule is O=C/C=C/N1Cc2ccccc2C1=O. The third-order valence-corrected chi connectivity index (χ3v) is 2.19. The van der Waals surface area contributed by atoms with Gasteiger partial charge in [-0.05, 0) is 17.7 Å². The molecule has 1 aliphatic rings. The van der Waals surface area contributed by atoms with Gasteiger partial charge in [0.05, 0.1) is 6.54 Å². The van der Waals surface area contributed by atoms with Gasteiger partial charge in [0.15, 0.2) is 0 Å². The molecule has 0 bridgehead atoms. The Morgan fingerprint density at radius 2 is 2.07 bits per heavy atom. The van der Waals surface area contributed by atoms with Gasteiger partial charge in [-0.2, -0.15) is 0 Å². The van der Waals surface area contributed by atoms with Gasteiger partial charge in [-0.25, -0.2) is 0 Å². The molecule has 3 heteroatoms. The fourth-order valence-corrected chi connectivity index (χ4v) is 1.54. The molecule has 1 aromatic carbocycles. The first-order chi connectivity index (χ1) is 6.83. The Balaban J connectivity index is 2.30. The summed E-state index contributed by atoms with van der Waals surface area (Å²) in [6, 6.07) is 7.46. The van der Waals surface area contributed by atoms with E-state index in [0.29, 0.717) is 12.8 Å². The topological polar surface area (TPSA) is 37.4 Å². The van der Waals surface area contributed by atoms with Crippen LogP contribution in [0, 0.1) is 0 Å². The molecule has 1 amide bonds. The summed E-state index contributed by atoms with van der Waals surface area (Å²) in [4.78, 5) is 23.3. The predicted octanol–water partition coefficient (Wildman–Crippen LogP) is 1.35. The Kier molecular flexibility index (Phi) is 2.14. The van der Waals surface area contributed by atoms with Crippen molar-refractivity contribution in [3.05, 3.63) is 47.7 Å². The minimum absolute atomic E-state index is 0.0429. The summed E-state index contributed by atoms with van der Waals surface area (Å²) in [5, 5.41) is 0. The van der Waals surface area contributed by atoms with Crippen LogP contribution in [0.3, 0.4) is 0 Å². The second-order valence-corrected chi connectivity index (χ2v) is 3.07. The first-order valence-corrected chi connectivity index (χ1v) is 4.34. The van der Waals surface area contributed by atoms with E-state index in [9.17, 15) is 9.59 Å². The number of amides is 1. The van der Waals surface area contributed by atoms with E-state index in [2.05, 4.69) is 0 Å². The summed E-state index contributed by atoms with van der Waals surface area (Å²) in [6.07, 6.45) is 3.50. The van der Waals surface area contributed by atoms with Crippen molar-refractivity contribution in [1.82, 2.24) is 4.90 Å². The monoisotopic (exact) mass is 187 g/mol. The van der Waals surface area contributed by atoms with Crippen LogP contribution in [0.25, 0.3) is 0 Å². The van der Waals surface area contributed by atoms with Gasteiger partial charge in [0, 0.05) is 11.8 Å². The Hall–Kier alpha value is -1.90. The van der Waals surface area contributed by atoms with Crippen molar-refractivity contribution >= 4 is 12.2 Å². The molecule has 0 unspecified atom stereocenters. The summed E-state index contributed by atoms with van der Waals surface area (Å²) < 4.78 is 0. The summed E-state index contributed by atoms with van der Waals surface area (Å²) in [5.74, 6) is -0.0429. The quantitative estimate of drug-likeness (QED) is 0.517. The Labute approximate surface area is 81.6 Å². The van der Waals surface area contributed by atoms with Crippen molar-refractivity contribution in [3.63, 3.8) is 0 Å². The molecule has 0 radical (unpaired) electrons. The van der Waals surface area contributed by atoms with Crippen LogP contribution in [-0.2, 0) is 11.3 Å². The maximum Gasteiger partial charge on any atom is 0.258 e. The summed E-state index contributed by atoms with van der Waals surface area (Å²) in [5.41, 5.74) is 1.73. The van der Waals surface area contributed by atoms with Crippen LogP contribution in [-0.4, -0.2) is 17.1 Å². The molecule has 0 aliphatic carbocycles. The highest BCUT2D eigenvalue weighted by Gasteiger charge is 2.24. The fourth-order valence-electron chi connectivity index (χ4n) is 1.54. The van der Waals surface area contributed by atoms with Crippen molar-refractivity contribution in [1.29, 1.82) is 0 Å². The van der Waals surface area contributed by atoms with Crippen LogP contribution in [0.5, 0.6) is 0 Å². The van der Waals surface area contributed by atoms with Crippen LogP contribution >= 0.6 is 0 Å². The number of allylic oxidation sites excluding steroid dienone is 1. The highest BCUT2D eigenvalue weighted by Crippen LogP contribution is 2.21. The van der Waals surface area contributed by atoms with E-state index in [1.54, 1.807) is 6.07 Å². The van der Waals surface area contributed by atoms with Crippen LogP contribution in [0.4, 0.5) is 0 Å². The zero-order chi connectivity index (χ0) is 9.97. The number of hydrogen-bond donors (Lipinski definition) is 0. The summed E-state index contributed by atoms with van der Waals surface area (Å²) in [7, 11) is 0. The van der Waals surface area contributed by atoms with Gasteiger partial charge in [-0.15, -0.1) is 0 Å². The minimum Gasteiger partial charge on any atom is -0.310 e. The van der Waals surface area contributed by atoms with E-state index in [-0.39, 0.29) is 5.91 Å². The maximum absolute atomic E-state index is 11.7. The van der Waals surface area contributed by atoms with Crippen LogP contribution in [0.1, 0.15) is 15.9 Å². The molecule has 0 spiro atoms. The molecule has 1 aromatic rings. The molecule has 1 aliphatic heterocycles. The highest BCUT2D eigenvalue weighted by molar-refractivity contribution is 5.99. The third kappa shape index (κ3) is 1.33. The number of aldehydes is 1. The second-order valence-electron chi connectivity index (χ2n) is 3.07. The average molecular weight is 187 g/mol. The molecule has 0 atom stereocenters. The Morgan fingerprint density at radius 3 is 2.79 bits per heavy atom. The molecule has 0 fully saturated rings. The van der Waals surface area contributed by atoms with E-state index < -0.39 is 0 Å². The smallest absolute Gasteiger partial charge is 0.258 e. The highest BCUT2D eigenvalue weighted by atomic mass is 16.2. The number of benzene rings is 1. The predicted molar refractivity (Wildman–Crippen MR) is 51.5 cm³/mol. The molecule has 0 N–H and O–H groups in total. The standard InChI is InChI=1S/C11H9NO2/c13-7-3-6-12-8-9-4-1-2-5-10(9)11(12)14/h1-7H,8H2/b6-3+. The lowest BCUT2D eigenvalue weighted by molar-refractivity contribution is -0.104. The van der Waals surface area contributed by atoms with E-state index in [4.69, 9.17) is 0 Å². The lowest BCUT2D eigenvalue weighted by atomic mass is 10.1. The molecule has 0 aromatic heterocycles. The molecular weight excluding hydrogens is 178 g/mol. The molecule has 3 nitrogen and oxygen atoms in total. The maximum atomic E-state index is 11.7. The molecule has 0 saturated heterocycles. The van der Waals surface area contributed by atoms with Crippen LogP contribution in [0.2, 0.25) is 0 Å². The zero-order valence-corrected chi connectivity index (χ0v) is 7.51. The fraction of sp³-hybridized carbons (Fsp3) is 0.0909. The van der Waals surface area contributed by atoms with Gasteiger partial charge in [-0.1, -0.05) is 18.2 Å². The number of nitrogens with zero attached hydrogens (tertiary/aromatic N) is 1. The average Bonchev–Trinajstić information content (AvgIpc) is 2.54. The molecule has 1 heterocycles. The van der Waals surface area contributed by atoms with E-state index in [0.717, 1.165) is 11.1 Å². The van der Waals surface area contributed by atoms with Gasteiger partial charge in [-0.3, -0.25) is 9.59 Å². The zero-order valence-electron chi connectivity index (χ0n) is 7.51. The second kappa shape index (κ2) is 3.46. The van der Waals surface area contributed by atoms with E-state index in [1.165, 1.54) is 17.2 Å². The summed E-state index contributed by atoms with van der Waals surface area (Å²) >= 11 is 0. The number of fused-ring (bicyclic) bond motifs is 1. The van der Waals surface area contributed by atoms with Crippen molar-refractivity contribution in [2.24, 2.45) is 0 Å². The first kappa shape index (κ1) is 8.69. The Morgan fingerprint density at radius 1 is 1.29 bits per heavy atom. The normalized spacial score (nSPS) is 14.9. The lowest BCUT2D eigenvalue weighted by Gasteiger charge is -2.07. The van der Waals surface area contributed by atoms with Gasteiger partial charge in [0.1, 0.15) is 6.29 Å². The number of carbonyl (C=O) groups excluding carboxylic acids is 2. The molecule has 2 rings (SSSR count). The van der Waals surface area contributed by atoms with Gasteiger partial charge < -0.3 is 4.90 Å². The minimum atomic E-state index is -0.0429. The number of carbonyl (C=O) groups is 2. The van der Waals surface area contributed by atoms with Crippen molar-refractivity contribution in [3.8, 4) is 0 Å². The number of hydrogen-bond acceptors (Lipinski definition) is 2. The van der Waals surface area contributed by atoms with Crippen LogP contribution in [0.15, 0.2) is 36.5 Å². The number of rotatable bonds is 2. The van der Waals surface area contributed by atoms with Gasteiger partial charge in [0.2, 0.25) is 0 Å². The van der Waals surface area contributed by atoms with Gasteiger partial charge >= 0.3 is 0 Å². The van der Waals surface area contributed by atoms with Crippen molar-refractivity contribution < 1.29 is 9.59 Å². The van der Waals surface area contributed by atoms with Crippen molar-refractivity contribution in [2.45, 2.75) is 6.54 Å². The van der Waals surface area contributed by atoms with Crippen molar-refractivity contribution in [2.75, 3.05) is 0 Å². The lowest BCUT2D eigenvalue weighted by Crippen LogP contribution is -2.16. The first-order valence-electron chi connectivity index (χ1n) is 4.34. The molecule has 70 valence electrons. The van der Waals surface area contributed by atoms with E-state index in [1.807, 2.05) is 18.2 Å². The molecule has 0 saturated carbocycles. The summed E-state index contributed by atoms with van der Waals surface area (Å²) in [6.45, 7) is 0.555. The third-order valence-electron chi connectivity index (χ3n) is 2.19. The van der Waals surface area contributed by atoms with E-state index >= 15 is 0 Å². The largest absolute Gasteiger partial charge is 0.310 e. The molecular formula is C11H9NO2.